The number of nitrogens with one attached hydrogen (secondary N) is 1. The Balaban J connectivity index is 0.000000249. The van der Waals surface area contributed by atoms with Gasteiger partial charge in [0.05, 0.1) is 0 Å². The van der Waals surface area contributed by atoms with Gasteiger partial charge in [-0.25, -0.2) is 14.8 Å². The van der Waals surface area contributed by atoms with Crippen molar-refractivity contribution in [2.45, 2.75) is 44.6 Å². The number of rotatable bonds is 4. The number of carboxylic acids is 1. The maximum absolute atomic E-state index is 10.3. The summed E-state index contributed by atoms with van der Waals surface area (Å²) in [6.45, 7) is 5.55. The molecular weight excluding hydrogens is 406 g/mol. The molecule has 8 heteroatoms. The zero-order valence-corrected chi connectivity index (χ0v) is 18.1. The molecule has 164 valence electrons. The van der Waals surface area contributed by atoms with Crippen molar-refractivity contribution in [1.82, 2.24) is 15.3 Å². The second-order valence-electron chi connectivity index (χ2n) is 7.32. The van der Waals surface area contributed by atoms with Crippen LogP contribution < -0.4 is 10.1 Å². The van der Waals surface area contributed by atoms with Crippen molar-refractivity contribution in [2.24, 2.45) is 0 Å². The van der Waals surface area contributed by atoms with E-state index in [1.807, 2.05) is 12.3 Å². The third kappa shape index (κ3) is 7.23. The van der Waals surface area contributed by atoms with Gasteiger partial charge in [-0.3, -0.25) is 0 Å². The number of halogens is 1. The highest BCUT2D eigenvalue weighted by molar-refractivity contribution is 5.85. The average Bonchev–Trinajstić information content (AvgIpc) is 2.76. The second-order valence-corrected chi connectivity index (χ2v) is 7.32. The molecule has 7 nitrogen and oxygen atoms in total. The maximum Gasteiger partial charge on any atom is 0.354 e. The number of aryl methyl sites for hydroxylation is 1. The summed E-state index contributed by atoms with van der Waals surface area (Å²) in [6, 6.07) is 9.08. The number of carbonyl (C=O) groups is 1. The Hall–Kier alpha value is -2.22. The number of carboxylic acid groups (broad SMARTS) is 1. The summed E-state index contributed by atoms with van der Waals surface area (Å²) in [5.74, 6) is 0.407. The number of pyridine rings is 2. The number of ether oxygens (including phenoxy) is 2. The molecule has 0 unspecified atom stereocenters. The number of nitrogens with zero attached hydrogens (tertiary/aromatic N) is 2. The molecule has 0 saturated carbocycles. The van der Waals surface area contributed by atoms with Crippen LogP contribution in [0.25, 0.3) is 0 Å². The van der Waals surface area contributed by atoms with Crippen LogP contribution in [0.2, 0.25) is 0 Å². The number of aromatic carboxylic acids is 1. The van der Waals surface area contributed by atoms with Gasteiger partial charge in [0.15, 0.2) is 0 Å². The number of hydrogen-bond acceptors (Lipinski definition) is 6. The van der Waals surface area contributed by atoms with E-state index in [9.17, 15) is 4.79 Å². The van der Waals surface area contributed by atoms with E-state index in [4.69, 9.17) is 14.6 Å². The van der Waals surface area contributed by atoms with Crippen LogP contribution in [0.5, 0.6) is 5.88 Å². The summed E-state index contributed by atoms with van der Waals surface area (Å²) < 4.78 is 11.6. The molecule has 30 heavy (non-hydrogen) atoms. The van der Waals surface area contributed by atoms with Crippen molar-refractivity contribution in [3.63, 3.8) is 0 Å². The molecule has 0 atom stereocenters. The van der Waals surface area contributed by atoms with E-state index < -0.39 is 5.97 Å². The minimum Gasteiger partial charge on any atom is -0.477 e. The van der Waals surface area contributed by atoms with Crippen LogP contribution in [-0.4, -0.2) is 53.5 Å². The summed E-state index contributed by atoms with van der Waals surface area (Å²) in [5.41, 5.74) is 2.09. The molecule has 2 aliphatic heterocycles. The van der Waals surface area contributed by atoms with Crippen LogP contribution in [0.1, 0.15) is 53.3 Å². The fourth-order valence-electron chi connectivity index (χ4n) is 3.55. The third-order valence-corrected chi connectivity index (χ3v) is 5.13. The van der Waals surface area contributed by atoms with Crippen LogP contribution in [-0.2, 0) is 4.74 Å². The zero-order chi connectivity index (χ0) is 20.5. The summed E-state index contributed by atoms with van der Waals surface area (Å²) >= 11 is 0. The molecule has 4 heterocycles. The molecule has 2 aromatic rings. The number of aromatic nitrogens is 2. The Bertz CT molecular complexity index is 793. The first-order valence-corrected chi connectivity index (χ1v) is 10.2. The molecular formula is C22H30ClN3O4. The van der Waals surface area contributed by atoms with Gasteiger partial charge in [-0.2, -0.15) is 0 Å². The van der Waals surface area contributed by atoms with Crippen molar-refractivity contribution in [3.8, 4) is 5.88 Å². The van der Waals surface area contributed by atoms with Gasteiger partial charge in [-0.15, -0.1) is 12.4 Å². The first kappa shape index (κ1) is 24.1. The molecule has 0 bridgehead atoms. The molecule has 0 aromatic carbocycles. The molecule has 2 aliphatic rings. The van der Waals surface area contributed by atoms with Gasteiger partial charge in [0.1, 0.15) is 11.8 Å². The van der Waals surface area contributed by atoms with Gasteiger partial charge >= 0.3 is 5.97 Å². The van der Waals surface area contributed by atoms with E-state index in [1.54, 1.807) is 19.1 Å². The lowest BCUT2D eigenvalue weighted by atomic mass is 9.92. The standard InChI is InChI=1S/C15H22N2O2.C7H7NO2.ClH/c1-2-14(12-5-10-18-11-6-12)15(17-7-1)19-13-3-8-16-9-4-13;1-5-3-2-4-6(8-5)7(9)10;/h1-2,7,12-13,16H,3-6,8-11H2;2-4H,1H3,(H,9,10);1H. The molecule has 2 saturated heterocycles. The first-order chi connectivity index (χ1) is 14.1. The van der Waals surface area contributed by atoms with Crippen LogP contribution in [0, 0.1) is 6.92 Å². The molecule has 2 fully saturated rings. The predicted octanol–water partition coefficient (Wildman–Crippen LogP) is 3.62. The fourth-order valence-corrected chi connectivity index (χ4v) is 3.55. The van der Waals surface area contributed by atoms with E-state index in [2.05, 4.69) is 21.4 Å². The SMILES string of the molecule is Cc1cccc(C(=O)O)n1.Cl.c1cnc(OC2CCNCC2)c(C2CCOCC2)c1. The highest BCUT2D eigenvalue weighted by atomic mass is 35.5. The predicted molar refractivity (Wildman–Crippen MR) is 117 cm³/mol. The molecule has 0 radical (unpaired) electrons. The Labute approximate surface area is 183 Å². The summed E-state index contributed by atoms with van der Waals surface area (Å²) in [4.78, 5) is 18.5. The molecule has 2 aromatic heterocycles. The largest absolute Gasteiger partial charge is 0.477 e. The smallest absolute Gasteiger partial charge is 0.354 e. The first-order valence-electron chi connectivity index (χ1n) is 10.2. The number of piperidine rings is 1. The van der Waals surface area contributed by atoms with Crippen LogP contribution in [0.4, 0.5) is 0 Å². The third-order valence-electron chi connectivity index (χ3n) is 5.13. The normalized spacial score (nSPS) is 17.2. The van der Waals surface area contributed by atoms with Gasteiger partial charge in [0.2, 0.25) is 5.88 Å². The lowest BCUT2D eigenvalue weighted by Gasteiger charge is -2.27. The lowest BCUT2D eigenvalue weighted by Crippen LogP contribution is -2.34. The van der Waals surface area contributed by atoms with Crippen molar-refractivity contribution >= 4 is 18.4 Å². The van der Waals surface area contributed by atoms with E-state index in [0.29, 0.717) is 12.0 Å². The zero-order valence-electron chi connectivity index (χ0n) is 17.3. The summed E-state index contributed by atoms with van der Waals surface area (Å²) in [6.07, 6.45) is 6.45. The topological polar surface area (TPSA) is 93.6 Å². The van der Waals surface area contributed by atoms with Crippen molar-refractivity contribution in [1.29, 1.82) is 0 Å². The van der Waals surface area contributed by atoms with Crippen molar-refractivity contribution < 1.29 is 19.4 Å². The minimum atomic E-state index is -0.983. The van der Waals surface area contributed by atoms with E-state index >= 15 is 0 Å². The Kier molecular flexibility index (Phi) is 10.00. The second kappa shape index (κ2) is 12.5. The van der Waals surface area contributed by atoms with E-state index in [1.165, 1.54) is 11.6 Å². The average molecular weight is 436 g/mol. The van der Waals surface area contributed by atoms with Gasteiger partial charge in [0.25, 0.3) is 0 Å². The summed E-state index contributed by atoms with van der Waals surface area (Å²) in [7, 11) is 0. The minimum absolute atomic E-state index is 0. The number of hydrogen-bond donors (Lipinski definition) is 2. The van der Waals surface area contributed by atoms with Crippen molar-refractivity contribution in [3.05, 3.63) is 53.5 Å². The van der Waals surface area contributed by atoms with Gasteiger partial charge in [0, 0.05) is 30.7 Å². The fraction of sp³-hybridized carbons (Fsp3) is 0.500. The van der Waals surface area contributed by atoms with Gasteiger partial charge < -0.3 is 19.9 Å². The highest BCUT2D eigenvalue weighted by Crippen LogP contribution is 2.33. The Morgan fingerprint density at radius 3 is 2.50 bits per heavy atom. The lowest BCUT2D eigenvalue weighted by molar-refractivity contribution is 0.0690. The highest BCUT2D eigenvalue weighted by Gasteiger charge is 2.22. The van der Waals surface area contributed by atoms with Gasteiger partial charge in [-0.05, 0) is 69.8 Å². The van der Waals surface area contributed by atoms with Crippen LogP contribution >= 0.6 is 12.4 Å². The van der Waals surface area contributed by atoms with Gasteiger partial charge in [-0.1, -0.05) is 12.1 Å². The van der Waals surface area contributed by atoms with Crippen molar-refractivity contribution in [2.75, 3.05) is 26.3 Å². The maximum atomic E-state index is 10.3. The quantitative estimate of drug-likeness (QED) is 0.757. The van der Waals surface area contributed by atoms with Crippen LogP contribution in [0.15, 0.2) is 36.5 Å². The monoisotopic (exact) mass is 435 g/mol. The molecule has 4 rings (SSSR count). The van der Waals surface area contributed by atoms with Crippen LogP contribution in [0.3, 0.4) is 0 Å². The Morgan fingerprint density at radius 1 is 1.13 bits per heavy atom. The summed E-state index contributed by atoms with van der Waals surface area (Å²) in [5, 5.41) is 11.8. The molecule has 0 spiro atoms. The Morgan fingerprint density at radius 2 is 1.87 bits per heavy atom. The molecule has 0 aliphatic carbocycles. The van der Waals surface area contributed by atoms with E-state index in [-0.39, 0.29) is 18.1 Å². The molecule has 2 N–H and O–H groups in total. The molecule has 0 amide bonds. The van der Waals surface area contributed by atoms with E-state index in [0.717, 1.165) is 63.6 Å².